The van der Waals surface area contributed by atoms with Gasteiger partial charge in [-0.15, -0.1) is 0 Å². The fraction of sp³-hybridized carbons (Fsp3) is 0.211. The molecule has 0 radical (unpaired) electrons. The fourth-order valence-electron chi connectivity index (χ4n) is 2.25. The van der Waals surface area contributed by atoms with Crippen LogP contribution in [0.3, 0.4) is 0 Å². The Morgan fingerprint density at radius 3 is 2.44 bits per heavy atom. The van der Waals surface area contributed by atoms with Crippen molar-refractivity contribution in [1.82, 2.24) is 15.0 Å². The van der Waals surface area contributed by atoms with Gasteiger partial charge in [0.05, 0.1) is 5.69 Å². The molecule has 0 spiro atoms. The largest absolute Gasteiger partial charge is 0.352 e. The number of hydrogen-bond acceptors (Lipinski definition) is 5. The Morgan fingerprint density at radius 1 is 1.04 bits per heavy atom. The van der Waals surface area contributed by atoms with Crippen molar-refractivity contribution in [2.24, 2.45) is 0 Å². The zero-order valence-electron chi connectivity index (χ0n) is 14.2. The highest BCUT2D eigenvalue weighted by atomic mass is 19.1. The molecule has 0 aliphatic heterocycles. The first-order chi connectivity index (χ1) is 12.1. The predicted molar refractivity (Wildman–Crippen MR) is 98.3 cm³/mol. The third kappa shape index (κ3) is 4.50. The van der Waals surface area contributed by atoms with Crippen molar-refractivity contribution in [3.63, 3.8) is 0 Å². The quantitative estimate of drug-likeness (QED) is 0.686. The molecule has 0 bridgehead atoms. The minimum atomic E-state index is -0.273. The Morgan fingerprint density at radius 2 is 1.76 bits per heavy atom. The lowest BCUT2D eigenvalue weighted by molar-refractivity contribution is 0.628. The van der Waals surface area contributed by atoms with E-state index in [4.69, 9.17) is 0 Å². The van der Waals surface area contributed by atoms with Gasteiger partial charge in [-0.05, 0) is 49.7 Å². The number of anilines is 3. The molecule has 0 fully saturated rings. The van der Waals surface area contributed by atoms with Crippen molar-refractivity contribution < 1.29 is 4.39 Å². The molecule has 1 aromatic carbocycles. The zero-order valence-corrected chi connectivity index (χ0v) is 14.2. The normalized spacial score (nSPS) is 11.8. The molecule has 3 aromatic rings. The van der Waals surface area contributed by atoms with Gasteiger partial charge in [0.2, 0.25) is 5.95 Å². The molecule has 25 heavy (non-hydrogen) atoms. The van der Waals surface area contributed by atoms with Crippen molar-refractivity contribution in [2.45, 2.75) is 26.3 Å². The van der Waals surface area contributed by atoms with Gasteiger partial charge in [-0.2, -0.15) is 4.98 Å². The third-order valence-corrected chi connectivity index (χ3v) is 3.81. The molecule has 0 amide bonds. The van der Waals surface area contributed by atoms with Crippen LogP contribution in [0.15, 0.2) is 54.9 Å². The predicted octanol–water partition coefficient (Wildman–Crippen LogP) is 4.63. The number of halogens is 1. The molecule has 5 nitrogen and oxygen atoms in total. The van der Waals surface area contributed by atoms with Crippen LogP contribution in [0.4, 0.5) is 21.8 Å². The number of nitrogens with one attached hydrogen (secondary N) is 2. The Balaban J connectivity index is 1.95. The average molecular weight is 337 g/mol. The Hall–Kier alpha value is -3.02. The first-order valence-electron chi connectivity index (χ1n) is 8.22. The molecular weight excluding hydrogens is 317 g/mol. The second-order valence-electron chi connectivity index (χ2n) is 5.78. The lowest BCUT2D eigenvalue weighted by atomic mass is 10.2. The summed E-state index contributed by atoms with van der Waals surface area (Å²) >= 11 is 0. The van der Waals surface area contributed by atoms with Crippen molar-refractivity contribution in [2.75, 3.05) is 10.6 Å². The number of aromatic nitrogens is 3. The van der Waals surface area contributed by atoms with Gasteiger partial charge >= 0.3 is 0 Å². The number of benzene rings is 1. The minimum absolute atomic E-state index is 0.256. The number of pyridine rings is 1. The van der Waals surface area contributed by atoms with Gasteiger partial charge in [-0.1, -0.05) is 6.92 Å². The van der Waals surface area contributed by atoms with Crippen molar-refractivity contribution in [3.05, 3.63) is 60.7 Å². The topological polar surface area (TPSA) is 62.7 Å². The highest BCUT2D eigenvalue weighted by Gasteiger charge is 2.09. The van der Waals surface area contributed by atoms with Gasteiger partial charge in [0, 0.05) is 35.8 Å². The van der Waals surface area contributed by atoms with Crippen molar-refractivity contribution in [1.29, 1.82) is 0 Å². The molecule has 0 saturated carbocycles. The van der Waals surface area contributed by atoms with E-state index < -0.39 is 0 Å². The molecule has 2 heterocycles. The van der Waals surface area contributed by atoms with E-state index in [1.165, 1.54) is 12.1 Å². The third-order valence-electron chi connectivity index (χ3n) is 3.81. The van der Waals surface area contributed by atoms with Crippen LogP contribution < -0.4 is 10.6 Å². The monoisotopic (exact) mass is 337 g/mol. The molecule has 2 aromatic heterocycles. The van der Waals surface area contributed by atoms with Gasteiger partial charge in [-0.3, -0.25) is 4.98 Å². The summed E-state index contributed by atoms with van der Waals surface area (Å²) in [6.45, 7) is 4.18. The molecule has 3 rings (SSSR count). The van der Waals surface area contributed by atoms with Gasteiger partial charge in [0.1, 0.15) is 11.6 Å². The lowest BCUT2D eigenvalue weighted by Gasteiger charge is -2.14. The van der Waals surface area contributed by atoms with Crippen LogP contribution in [0.2, 0.25) is 0 Å². The van der Waals surface area contributed by atoms with Gasteiger partial charge in [-0.25, -0.2) is 9.37 Å². The molecule has 0 aliphatic carbocycles. The summed E-state index contributed by atoms with van der Waals surface area (Å²) < 4.78 is 13.1. The van der Waals surface area contributed by atoms with Gasteiger partial charge in [0.25, 0.3) is 0 Å². The van der Waals surface area contributed by atoms with E-state index in [1.807, 2.05) is 18.2 Å². The summed E-state index contributed by atoms with van der Waals surface area (Å²) in [5, 5.41) is 6.50. The van der Waals surface area contributed by atoms with Crippen LogP contribution in [0, 0.1) is 5.82 Å². The van der Waals surface area contributed by atoms with Gasteiger partial charge in [0.15, 0.2) is 0 Å². The average Bonchev–Trinajstić information content (AvgIpc) is 2.64. The lowest BCUT2D eigenvalue weighted by Crippen LogP contribution is -2.16. The highest BCUT2D eigenvalue weighted by molar-refractivity contribution is 5.67. The molecular formula is C19H20FN5. The number of hydrogen-bond donors (Lipinski definition) is 2. The van der Waals surface area contributed by atoms with E-state index in [0.29, 0.717) is 11.8 Å². The van der Waals surface area contributed by atoms with Crippen LogP contribution in [0.1, 0.15) is 20.3 Å². The Kier molecular flexibility index (Phi) is 5.18. The Bertz CT molecular complexity index is 821. The van der Waals surface area contributed by atoms with E-state index in [0.717, 1.165) is 23.4 Å². The zero-order chi connectivity index (χ0) is 17.6. The standard InChI is InChI=1S/C19H20FN5/c1-3-13(2)22-19-24-17(14-8-10-21-11-9-14)12-18(25-19)23-16-6-4-15(20)5-7-16/h4-13H,3H2,1-2H3,(H2,22,23,24,25)/t13-/m0/s1. The fourth-order valence-corrected chi connectivity index (χ4v) is 2.25. The minimum Gasteiger partial charge on any atom is -0.352 e. The first-order valence-corrected chi connectivity index (χ1v) is 8.22. The summed E-state index contributed by atoms with van der Waals surface area (Å²) in [5.41, 5.74) is 2.50. The summed E-state index contributed by atoms with van der Waals surface area (Å²) in [6, 6.07) is 12.1. The maximum Gasteiger partial charge on any atom is 0.225 e. The highest BCUT2D eigenvalue weighted by Crippen LogP contribution is 2.23. The summed E-state index contributed by atoms with van der Waals surface area (Å²) in [6.07, 6.45) is 4.42. The molecule has 128 valence electrons. The molecule has 0 unspecified atom stereocenters. The molecule has 0 saturated heterocycles. The van der Waals surface area contributed by atoms with E-state index in [-0.39, 0.29) is 11.9 Å². The first kappa shape index (κ1) is 16.8. The smallest absolute Gasteiger partial charge is 0.225 e. The molecule has 1 atom stereocenters. The molecule has 0 aliphatic rings. The van der Waals surface area contributed by atoms with Crippen LogP contribution in [0.25, 0.3) is 11.3 Å². The van der Waals surface area contributed by atoms with Crippen molar-refractivity contribution >= 4 is 17.5 Å². The molecule has 2 N–H and O–H groups in total. The second-order valence-corrected chi connectivity index (χ2v) is 5.78. The van der Waals surface area contributed by atoms with E-state index in [9.17, 15) is 4.39 Å². The second kappa shape index (κ2) is 7.70. The van der Waals surface area contributed by atoms with Crippen LogP contribution in [-0.2, 0) is 0 Å². The van der Waals surface area contributed by atoms with E-state index in [2.05, 4.69) is 39.4 Å². The Labute approximate surface area is 146 Å². The number of nitrogens with zero attached hydrogens (tertiary/aromatic N) is 3. The summed E-state index contributed by atoms with van der Waals surface area (Å²) in [5.74, 6) is 0.914. The number of rotatable bonds is 6. The van der Waals surface area contributed by atoms with E-state index >= 15 is 0 Å². The van der Waals surface area contributed by atoms with Crippen LogP contribution in [0.5, 0.6) is 0 Å². The summed E-state index contributed by atoms with van der Waals surface area (Å²) in [4.78, 5) is 13.2. The van der Waals surface area contributed by atoms with Crippen molar-refractivity contribution in [3.8, 4) is 11.3 Å². The maximum atomic E-state index is 13.1. The van der Waals surface area contributed by atoms with Gasteiger partial charge < -0.3 is 10.6 Å². The molecule has 6 heteroatoms. The SMILES string of the molecule is CC[C@H](C)Nc1nc(Nc2ccc(F)cc2)cc(-c2ccncc2)n1. The maximum absolute atomic E-state index is 13.1. The summed E-state index contributed by atoms with van der Waals surface area (Å²) in [7, 11) is 0. The van der Waals surface area contributed by atoms with Crippen LogP contribution >= 0.6 is 0 Å². The van der Waals surface area contributed by atoms with E-state index in [1.54, 1.807) is 24.5 Å². The van der Waals surface area contributed by atoms with Crippen LogP contribution in [-0.4, -0.2) is 21.0 Å².